The van der Waals surface area contributed by atoms with Crippen LogP contribution in [-0.4, -0.2) is 64.5 Å². The van der Waals surface area contributed by atoms with Gasteiger partial charge in [0.15, 0.2) is 0 Å². The summed E-state index contributed by atoms with van der Waals surface area (Å²) in [5, 5.41) is 21.8. The van der Waals surface area contributed by atoms with Crippen molar-refractivity contribution in [3.63, 3.8) is 0 Å². The first-order valence-electron chi connectivity index (χ1n) is 11.9. The fourth-order valence-electron chi connectivity index (χ4n) is 3.71. The van der Waals surface area contributed by atoms with Gasteiger partial charge in [0.1, 0.15) is 12.3 Å². The Morgan fingerprint density at radius 2 is 1.80 bits per heavy atom. The molecule has 1 saturated heterocycles. The van der Waals surface area contributed by atoms with Crippen molar-refractivity contribution in [2.24, 2.45) is 5.73 Å². The molecule has 0 saturated carbocycles. The van der Waals surface area contributed by atoms with Gasteiger partial charge in [-0.2, -0.15) is 8.62 Å². The number of benzene rings is 1. The van der Waals surface area contributed by atoms with Crippen LogP contribution < -0.4 is 17.0 Å². The van der Waals surface area contributed by atoms with Crippen molar-refractivity contribution in [3.8, 4) is 11.8 Å². The molecule has 0 bridgehead atoms. The third-order valence-electron chi connectivity index (χ3n) is 5.51. The first kappa shape index (κ1) is 35.6. The van der Waals surface area contributed by atoms with Gasteiger partial charge in [-0.3, -0.25) is 29.0 Å². The van der Waals surface area contributed by atoms with E-state index in [0.29, 0.717) is 5.56 Å². The highest BCUT2D eigenvalue weighted by Crippen LogP contribution is 2.66. The number of ether oxygens (including phenoxy) is 2. The standard InChI is InChI=1S/C20H25N4O17P3/c21-5-1-2-12-3-4-13(15(6-12)24(28)29)9-37-10-14-8-23(20(27)22-19(14)26)18-7-16(25)17(39-18)11-38-43(33,34)41-44(35,36)40-42(30,31)32/h3-4,6,8,16-18,25H,5,7,9-11,21H2,(H,33,34)(H,35,36)(H,22,26,27)(H2,30,31,32)/t16?,17-,18-/m1/s1. The number of H-pyrrole nitrogens is 1. The number of phosphoric acid groups is 3. The van der Waals surface area contributed by atoms with E-state index < -0.39 is 71.3 Å². The van der Waals surface area contributed by atoms with Crippen LogP contribution in [-0.2, 0) is 49.5 Å². The number of hydrogen-bond donors (Lipinski definition) is 7. The van der Waals surface area contributed by atoms with Crippen LogP contribution in [0.4, 0.5) is 5.69 Å². The second-order valence-electron chi connectivity index (χ2n) is 8.74. The minimum atomic E-state index is -5.77. The summed E-state index contributed by atoms with van der Waals surface area (Å²) in [6.45, 7) is -1.65. The molecule has 1 aromatic heterocycles. The molecule has 8 N–H and O–H groups in total. The average Bonchev–Trinajstić information content (AvgIpc) is 3.25. The molecular formula is C20H25N4O17P3. The van der Waals surface area contributed by atoms with Crippen LogP contribution >= 0.6 is 23.5 Å². The maximum absolute atomic E-state index is 12.4. The predicted molar refractivity (Wildman–Crippen MR) is 143 cm³/mol. The fraction of sp³-hybridized carbons (Fsp3) is 0.400. The van der Waals surface area contributed by atoms with E-state index >= 15 is 0 Å². The normalized spacial score (nSPS) is 21.2. The Morgan fingerprint density at radius 3 is 2.43 bits per heavy atom. The van der Waals surface area contributed by atoms with Crippen molar-refractivity contribution in [2.75, 3.05) is 13.2 Å². The molecule has 1 aliphatic heterocycles. The molecule has 0 radical (unpaired) electrons. The van der Waals surface area contributed by atoms with E-state index in [2.05, 4.69) is 25.0 Å². The zero-order valence-corrected chi connectivity index (χ0v) is 24.7. The lowest BCUT2D eigenvalue weighted by Gasteiger charge is -2.19. The average molecular weight is 686 g/mol. The Labute approximate surface area is 245 Å². The van der Waals surface area contributed by atoms with E-state index in [1.54, 1.807) is 0 Å². The Kier molecular flexibility index (Phi) is 11.7. The number of aromatic amines is 1. The Morgan fingerprint density at radius 1 is 1.11 bits per heavy atom. The van der Waals surface area contributed by atoms with Crippen LogP contribution in [0.2, 0.25) is 0 Å². The van der Waals surface area contributed by atoms with Gasteiger partial charge in [0.05, 0.1) is 48.5 Å². The molecule has 3 unspecified atom stereocenters. The van der Waals surface area contributed by atoms with Gasteiger partial charge in [0.25, 0.3) is 11.2 Å². The van der Waals surface area contributed by atoms with Crippen LogP contribution in [0.5, 0.6) is 0 Å². The summed E-state index contributed by atoms with van der Waals surface area (Å²) < 4.78 is 57.5. The van der Waals surface area contributed by atoms with Gasteiger partial charge >= 0.3 is 29.2 Å². The molecule has 0 aliphatic carbocycles. The number of aliphatic hydroxyl groups excluding tert-OH is 1. The lowest BCUT2D eigenvalue weighted by Crippen LogP contribution is -2.34. The van der Waals surface area contributed by atoms with Gasteiger partial charge < -0.3 is 39.9 Å². The number of hydrogen-bond acceptors (Lipinski definition) is 14. The number of nitro benzene ring substituents is 1. The molecule has 44 heavy (non-hydrogen) atoms. The van der Waals surface area contributed by atoms with E-state index in [4.69, 9.17) is 25.0 Å². The molecule has 1 fully saturated rings. The third-order valence-corrected chi connectivity index (χ3v) is 9.31. The fourth-order valence-corrected chi connectivity index (χ4v) is 6.74. The number of aliphatic hydroxyl groups is 1. The van der Waals surface area contributed by atoms with Crippen molar-refractivity contribution >= 4 is 29.2 Å². The Bertz CT molecular complexity index is 1710. The number of nitro groups is 1. The second-order valence-corrected chi connectivity index (χ2v) is 13.2. The maximum atomic E-state index is 12.4. The lowest BCUT2D eigenvalue weighted by molar-refractivity contribution is -0.386. The van der Waals surface area contributed by atoms with Crippen molar-refractivity contribution < 1.29 is 65.9 Å². The van der Waals surface area contributed by atoms with Crippen LogP contribution in [0.1, 0.15) is 29.3 Å². The van der Waals surface area contributed by atoms with Gasteiger partial charge in [-0.25, -0.2) is 18.5 Å². The highest BCUT2D eigenvalue weighted by Gasteiger charge is 2.43. The van der Waals surface area contributed by atoms with Gasteiger partial charge in [-0.15, -0.1) is 0 Å². The number of nitrogens with two attached hydrogens (primary N) is 1. The molecule has 21 nitrogen and oxygen atoms in total. The van der Waals surface area contributed by atoms with Crippen molar-refractivity contribution in [2.45, 2.75) is 38.1 Å². The maximum Gasteiger partial charge on any atom is 0.490 e. The molecule has 0 spiro atoms. The van der Waals surface area contributed by atoms with Crippen LogP contribution in [0.15, 0.2) is 34.0 Å². The molecule has 1 aromatic carbocycles. The number of nitrogens with one attached hydrogen (secondary N) is 1. The summed E-state index contributed by atoms with van der Waals surface area (Å²) in [6, 6.07) is 4.17. The number of rotatable bonds is 13. The SMILES string of the molecule is NCC#Cc1ccc(COCc2cn([C@H]3CC(O)[C@@H](COP(=O)(O)OP(=O)(O)OP(=O)(O)O)O3)c(=O)[nH]c2=O)c([N+](=O)[O-])c1. The van der Waals surface area contributed by atoms with E-state index in [-0.39, 0.29) is 36.4 Å². The first-order valence-corrected chi connectivity index (χ1v) is 16.4. The minimum Gasteiger partial charge on any atom is -0.390 e. The van der Waals surface area contributed by atoms with Gasteiger partial charge in [-0.05, 0) is 12.1 Å². The van der Waals surface area contributed by atoms with Crippen LogP contribution in [0, 0.1) is 22.0 Å². The van der Waals surface area contributed by atoms with Gasteiger partial charge in [0, 0.05) is 24.2 Å². The van der Waals surface area contributed by atoms with E-state index in [1.807, 2.05) is 4.98 Å². The Hall–Kier alpha value is -2.89. The second kappa shape index (κ2) is 14.5. The molecule has 2 heterocycles. The topological polar surface area (TPSA) is 323 Å². The zero-order chi connectivity index (χ0) is 32.9. The summed E-state index contributed by atoms with van der Waals surface area (Å²) in [4.78, 5) is 73.6. The molecule has 24 heteroatoms. The highest BCUT2D eigenvalue weighted by atomic mass is 31.3. The van der Waals surface area contributed by atoms with Crippen molar-refractivity contribution in [1.82, 2.24) is 9.55 Å². The minimum absolute atomic E-state index is 0.0584. The molecular weight excluding hydrogens is 661 g/mol. The van der Waals surface area contributed by atoms with Crippen molar-refractivity contribution in [1.29, 1.82) is 0 Å². The summed E-state index contributed by atoms with van der Waals surface area (Å²) in [6.07, 6.45) is -3.44. The molecule has 0 amide bonds. The van der Waals surface area contributed by atoms with E-state index in [9.17, 15) is 48.3 Å². The Balaban J connectivity index is 1.67. The summed E-state index contributed by atoms with van der Waals surface area (Å²) in [5.41, 5.74) is 3.59. The summed E-state index contributed by atoms with van der Waals surface area (Å²) in [5.74, 6) is 5.25. The highest BCUT2D eigenvalue weighted by molar-refractivity contribution is 7.66. The molecule has 2 aromatic rings. The van der Waals surface area contributed by atoms with Crippen molar-refractivity contribution in [3.05, 3.63) is 72.0 Å². The van der Waals surface area contributed by atoms with E-state index in [0.717, 1.165) is 10.8 Å². The number of aromatic nitrogens is 2. The zero-order valence-electron chi connectivity index (χ0n) is 22.0. The van der Waals surface area contributed by atoms with Crippen LogP contribution in [0.3, 0.4) is 0 Å². The lowest BCUT2D eigenvalue weighted by atomic mass is 10.1. The number of phosphoric ester groups is 1. The third kappa shape index (κ3) is 10.3. The molecule has 5 atom stereocenters. The predicted octanol–water partition coefficient (Wildman–Crippen LogP) is -0.537. The quantitative estimate of drug-likeness (QED) is 0.0602. The largest absolute Gasteiger partial charge is 0.490 e. The monoisotopic (exact) mass is 686 g/mol. The van der Waals surface area contributed by atoms with Crippen LogP contribution in [0.25, 0.3) is 0 Å². The van der Waals surface area contributed by atoms with Gasteiger partial charge in [0.2, 0.25) is 0 Å². The molecule has 3 rings (SSSR count). The number of nitrogens with zero attached hydrogens (tertiary/aromatic N) is 2. The molecule has 242 valence electrons. The van der Waals surface area contributed by atoms with E-state index in [1.165, 1.54) is 18.2 Å². The smallest absolute Gasteiger partial charge is 0.390 e. The summed E-state index contributed by atoms with van der Waals surface area (Å²) >= 11 is 0. The summed E-state index contributed by atoms with van der Waals surface area (Å²) in [7, 11) is -16.9. The molecule has 1 aliphatic rings. The first-order chi connectivity index (χ1) is 20.4. The van der Waals surface area contributed by atoms with Gasteiger partial charge in [-0.1, -0.05) is 11.8 Å².